The van der Waals surface area contributed by atoms with Gasteiger partial charge < -0.3 is 11.1 Å². The molecule has 0 spiro atoms. The molecular formula is C18H22Cl2N2O. The fourth-order valence-electron chi connectivity index (χ4n) is 2.44. The molecule has 2 aromatic carbocycles. The Balaban J connectivity index is 0.00000264. The maximum absolute atomic E-state index is 11.9. The molecule has 0 aliphatic heterocycles. The normalized spacial score (nSPS) is 12.9. The Hall–Kier alpha value is -1.55. The van der Waals surface area contributed by atoms with Crippen LogP contribution in [0.15, 0.2) is 48.5 Å². The van der Waals surface area contributed by atoms with E-state index in [1.165, 1.54) is 0 Å². The zero-order chi connectivity index (χ0) is 16.1. The van der Waals surface area contributed by atoms with Crippen molar-refractivity contribution < 1.29 is 4.79 Å². The van der Waals surface area contributed by atoms with Crippen molar-refractivity contribution in [2.75, 3.05) is 0 Å². The van der Waals surface area contributed by atoms with E-state index in [0.717, 1.165) is 16.7 Å². The van der Waals surface area contributed by atoms with Crippen molar-refractivity contribution in [3.05, 3.63) is 59.1 Å². The molecule has 2 unspecified atom stereocenters. The Kier molecular flexibility index (Phi) is 7.56. The Labute approximate surface area is 148 Å². The molecule has 0 saturated heterocycles. The van der Waals surface area contributed by atoms with E-state index in [2.05, 4.69) is 5.32 Å². The molecule has 2 aromatic rings. The fraction of sp³-hybridized carbons (Fsp3) is 0.278. The van der Waals surface area contributed by atoms with E-state index in [1.54, 1.807) is 0 Å². The zero-order valence-corrected chi connectivity index (χ0v) is 14.8. The number of nitrogens with one attached hydrogen (secondary N) is 1. The Morgan fingerprint density at radius 3 is 2.35 bits per heavy atom. The molecule has 3 nitrogen and oxygen atoms in total. The largest absolute Gasteiger partial charge is 0.350 e. The summed E-state index contributed by atoms with van der Waals surface area (Å²) < 4.78 is 0. The predicted octanol–water partition coefficient (Wildman–Crippen LogP) is 4.34. The second kappa shape index (κ2) is 8.92. The first-order valence-electron chi connectivity index (χ1n) is 7.37. The van der Waals surface area contributed by atoms with Gasteiger partial charge in [0.05, 0.1) is 6.04 Å². The third-order valence-electron chi connectivity index (χ3n) is 3.47. The molecule has 0 aromatic heterocycles. The zero-order valence-electron chi connectivity index (χ0n) is 13.3. The van der Waals surface area contributed by atoms with E-state index < -0.39 is 0 Å². The SMILES string of the molecule is CC(N)CC(=O)NC(C)c1ccccc1-c1ccc(Cl)cc1.Cl. The van der Waals surface area contributed by atoms with Gasteiger partial charge in [-0.05, 0) is 42.7 Å². The molecule has 0 aliphatic carbocycles. The van der Waals surface area contributed by atoms with Crippen LogP contribution < -0.4 is 11.1 Å². The summed E-state index contributed by atoms with van der Waals surface area (Å²) in [4.78, 5) is 11.9. The summed E-state index contributed by atoms with van der Waals surface area (Å²) in [7, 11) is 0. The average molecular weight is 353 g/mol. The molecule has 2 atom stereocenters. The van der Waals surface area contributed by atoms with Crippen molar-refractivity contribution in [2.45, 2.75) is 32.4 Å². The van der Waals surface area contributed by atoms with E-state index in [9.17, 15) is 4.79 Å². The van der Waals surface area contributed by atoms with Crippen LogP contribution in [-0.4, -0.2) is 11.9 Å². The highest BCUT2D eigenvalue weighted by Gasteiger charge is 2.14. The van der Waals surface area contributed by atoms with Crippen LogP contribution in [0, 0.1) is 0 Å². The third-order valence-corrected chi connectivity index (χ3v) is 3.72. The van der Waals surface area contributed by atoms with E-state index in [-0.39, 0.29) is 30.4 Å². The lowest BCUT2D eigenvalue weighted by molar-refractivity contribution is -0.121. The first-order chi connectivity index (χ1) is 10.5. The lowest BCUT2D eigenvalue weighted by Gasteiger charge is -2.19. The second-order valence-electron chi connectivity index (χ2n) is 5.56. The topological polar surface area (TPSA) is 55.1 Å². The van der Waals surface area contributed by atoms with Crippen molar-refractivity contribution >= 4 is 29.9 Å². The smallest absolute Gasteiger partial charge is 0.222 e. The number of rotatable bonds is 5. The summed E-state index contributed by atoms with van der Waals surface area (Å²) in [6, 6.07) is 15.5. The van der Waals surface area contributed by atoms with Crippen LogP contribution in [-0.2, 0) is 4.79 Å². The number of hydrogen-bond acceptors (Lipinski definition) is 2. The van der Waals surface area contributed by atoms with Crippen molar-refractivity contribution in [3.8, 4) is 11.1 Å². The van der Waals surface area contributed by atoms with Gasteiger partial charge >= 0.3 is 0 Å². The molecular weight excluding hydrogens is 331 g/mol. The first-order valence-corrected chi connectivity index (χ1v) is 7.75. The first kappa shape index (κ1) is 19.5. The molecule has 0 heterocycles. The summed E-state index contributed by atoms with van der Waals surface area (Å²) >= 11 is 5.95. The summed E-state index contributed by atoms with van der Waals surface area (Å²) in [6.45, 7) is 3.81. The highest BCUT2D eigenvalue weighted by Crippen LogP contribution is 2.29. The van der Waals surface area contributed by atoms with Crippen LogP contribution >= 0.6 is 24.0 Å². The Bertz CT molecular complexity index is 642. The maximum atomic E-state index is 11.9. The number of carbonyl (C=O) groups excluding carboxylic acids is 1. The molecule has 2 rings (SSSR count). The Morgan fingerprint density at radius 1 is 1.13 bits per heavy atom. The van der Waals surface area contributed by atoms with E-state index in [1.807, 2.05) is 62.4 Å². The molecule has 1 amide bonds. The van der Waals surface area contributed by atoms with Crippen LogP contribution in [0.25, 0.3) is 11.1 Å². The van der Waals surface area contributed by atoms with Gasteiger partial charge in [-0.15, -0.1) is 12.4 Å². The van der Waals surface area contributed by atoms with E-state index in [0.29, 0.717) is 11.4 Å². The van der Waals surface area contributed by atoms with Gasteiger partial charge in [-0.2, -0.15) is 0 Å². The molecule has 23 heavy (non-hydrogen) atoms. The van der Waals surface area contributed by atoms with Gasteiger partial charge in [0, 0.05) is 17.5 Å². The average Bonchev–Trinajstić information content (AvgIpc) is 2.47. The van der Waals surface area contributed by atoms with Crippen molar-refractivity contribution in [1.29, 1.82) is 0 Å². The fourth-order valence-corrected chi connectivity index (χ4v) is 2.56. The molecule has 0 bridgehead atoms. The van der Waals surface area contributed by atoms with Crippen LogP contribution in [0.1, 0.15) is 31.9 Å². The summed E-state index contributed by atoms with van der Waals surface area (Å²) in [5.74, 6) is -0.0339. The maximum Gasteiger partial charge on any atom is 0.222 e. The van der Waals surface area contributed by atoms with Crippen molar-refractivity contribution in [1.82, 2.24) is 5.32 Å². The Morgan fingerprint density at radius 2 is 1.74 bits per heavy atom. The van der Waals surface area contributed by atoms with Gasteiger partial charge in [-0.3, -0.25) is 4.79 Å². The molecule has 5 heteroatoms. The van der Waals surface area contributed by atoms with Gasteiger partial charge in [0.25, 0.3) is 0 Å². The predicted molar refractivity (Wildman–Crippen MR) is 99.0 cm³/mol. The molecule has 0 radical (unpaired) electrons. The van der Waals surface area contributed by atoms with Crippen LogP contribution in [0.2, 0.25) is 5.02 Å². The minimum atomic E-state index is -0.140. The second-order valence-corrected chi connectivity index (χ2v) is 6.00. The van der Waals surface area contributed by atoms with Crippen LogP contribution in [0.3, 0.4) is 0 Å². The minimum absolute atomic E-state index is 0. The van der Waals surface area contributed by atoms with Crippen LogP contribution in [0.4, 0.5) is 0 Å². The monoisotopic (exact) mass is 352 g/mol. The third kappa shape index (κ3) is 5.54. The van der Waals surface area contributed by atoms with Gasteiger partial charge in [0.2, 0.25) is 5.91 Å². The highest BCUT2D eigenvalue weighted by molar-refractivity contribution is 6.30. The number of benzene rings is 2. The number of halogens is 2. The lowest BCUT2D eigenvalue weighted by atomic mass is 9.95. The van der Waals surface area contributed by atoms with Crippen molar-refractivity contribution in [3.63, 3.8) is 0 Å². The summed E-state index contributed by atoms with van der Waals surface area (Å²) in [5, 5.41) is 3.71. The molecule has 0 fully saturated rings. The molecule has 3 N–H and O–H groups in total. The van der Waals surface area contributed by atoms with E-state index >= 15 is 0 Å². The van der Waals surface area contributed by atoms with Crippen molar-refractivity contribution in [2.24, 2.45) is 5.73 Å². The van der Waals surface area contributed by atoms with E-state index in [4.69, 9.17) is 17.3 Å². The molecule has 124 valence electrons. The standard InChI is InChI=1S/C18H21ClN2O.ClH/c1-12(20)11-18(22)21-13(2)16-5-3-4-6-17(16)14-7-9-15(19)10-8-14;/h3-10,12-13H,11,20H2,1-2H3,(H,21,22);1H. The number of hydrogen-bond donors (Lipinski definition) is 2. The molecule has 0 saturated carbocycles. The number of nitrogens with two attached hydrogens (primary N) is 1. The van der Waals surface area contributed by atoms with Gasteiger partial charge in [-0.1, -0.05) is 48.0 Å². The van der Waals surface area contributed by atoms with Gasteiger partial charge in [0.1, 0.15) is 0 Å². The summed E-state index contributed by atoms with van der Waals surface area (Å²) in [5.41, 5.74) is 8.91. The van der Waals surface area contributed by atoms with Gasteiger partial charge in [0.15, 0.2) is 0 Å². The summed E-state index contributed by atoms with van der Waals surface area (Å²) in [6.07, 6.45) is 0.327. The quantitative estimate of drug-likeness (QED) is 0.840. The number of amides is 1. The lowest BCUT2D eigenvalue weighted by Crippen LogP contribution is -2.31. The highest BCUT2D eigenvalue weighted by atomic mass is 35.5. The molecule has 0 aliphatic rings. The number of carbonyl (C=O) groups is 1. The van der Waals surface area contributed by atoms with Crippen LogP contribution in [0.5, 0.6) is 0 Å². The van der Waals surface area contributed by atoms with Gasteiger partial charge in [-0.25, -0.2) is 0 Å². The minimum Gasteiger partial charge on any atom is -0.350 e.